The first-order chi connectivity index (χ1) is 21.6. The van der Waals surface area contributed by atoms with Gasteiger partial charge in [0.25, 0.3) is 0 Å². The van der Waals surface area contributed by atoms with Gasteiger partial charge in [0.05, 0.1) is 24.4 Å². The summed E-state index contributed by atoms with van der Waals surface area (Å²) in [6.07, 6.45) is 22.3. The zero-order valence-electron chi connectivity index (χ0n) is 27.0. The van der Waals surface area contributed by atoms with Crippen LogP contribution in [-0.2, 0) is 19.1 Å². The van der Waals surface area contributed by atoms with Crippen molar-refractivity contribution in [2.45, 2.75) is 95.8 Å². The first kappa shape index (κ1) is 36.6. The number of amides is 1. The third-order valence-electron chi connectivity index (χ3n) is 7.59. The highest BCUT2D eigenvalue weighted by Crippen LogP contribution is 2.30. The Bertz CT molecular complexity index is 1270. The summed E-state index contributed by atoms with van der Waals surface area (Å²) in [5, 5.41) is 14.9. The molecule has 244 valence electrons. The lowest BCUT2D eigenvalue weighted by atomic mass is 9.87. The monoisotopic (exact) mass is 652 g/mol. The molecule has 9 heteroatoms. The highest BCUT2D eigenvalue weighted by atomic mass is 33.1. The molecule has 0 aliphatic carbocycles. The van der Waals surface area contributed by atoms with E-state index in [-0.39, 0.29) is 42.1 Å². The number of rotatable bonds is 15. The van der Waals surface area contributed by atoms with Crippen molar-refractivity contribution >= 4 is 33.5 Å². The van der Waals surface area contributed by atoms with E-state index in [4.69, 9.17) is 9.47 Å². The predicted molar refractivity (Wildman–Crippen MR) is 186 cm³/mol. The molecule has 1 saturated heterocycles. The summed E-state index contributed by atoms with van der Waals surface area (Å²) in [5.74, 6) is 0.583. The summed E-state index contributed by atoms with van der Waals surface area (Å²) in [6, 6.07) is 5.41. The van der Waals surface area contributed by atoms with Gasteiger partial charge < -0.3 is 19.9 Å². The van der Waals surface area contributed by atoms with Crippen LogP contribution in [0.4, 0.5) is 0 Å². The predicted octanol–water partition coefficient (Wildman–Crippen LogP) is 7.33. The van der Waals surface area contributed by atoms with E-state index in [1.54, 1.807) is 27.8 Å². The summed E-state index contributed by atoms with van der Waals surface area (Å²) in [4.78, 5) is 28.8. The van der Waals surface area contributed by atoms with Crippen LogP contribution < -0.4 is 5.32 Å². The van der Waals surface area contributed by atoms with Crippen molar-refractivity contribution in [1.82, 2.24) is 10.3 Å². The number of aliphatic hydroxyl groups is 1. The molecule has 0 unspecified atom stereocenters. The van der Waals surface area contributed by atoms with Crippen LogP contribution in [0.1, 0.15) is 60.3 Å². The molecule has 2 aliphatic rings. The molecule has 0 radical (unpaired) electrons. The fourth-order valence-corrected chi connectivity index (χ4v) is 7.11. The van der Waals surface area contributed by atoms with E-state index in [0.29, 0.717) is 30.9 Å². The Labute approximate surface area is 276 Å². The number of cyclic esters (lactones) is 1. The molecule has 1 aromatic heterocycles. The number of allylic oxidation sites excluding steroid dienone is 7. The number of esters is 1. The van der Waals surface area contributed by atoms with E-state index in [2.05, 4.69) is 43.2 Å². The molecule has 3 heterocycles. The fourth-order valence-electron chi connectivity index (χ4n) is 5.24. The SMILES string of the molecule is C/C=C/[C@@H]1O[C@H]([C@@H](/C=C/C=C(\C)C[C@@H](C)/C=C(C)\C=C\[C@H]2CC=CC(=O)O2)NC(=O)CCSSc2ccccn2)C[C@@H](O)[C@@H]1C. The average Bonchev–Trinajstić information content (AvgIpc) is 3.00. The quantitative estimate of drug-likeness (QED) is 0.0669. The second kappa shape index (κ2) is 19.6. The van der Waals surface area contributed by atoms with E-state index >= 15 is 0 Å². The molecular formula is C36H48N2O5S2. The maximum Gasteiger partial charge on any atom is 0.331 e. The molecular weight excluding hydrogens is 605 g/mol. The number of hydrogen-bond donors (Lipinski definition) is 2. The number of hydrogen-bond acceptors (Lipinski definition) is 8. The van der Waals surface area contributed by atoms with Gasteiger partial charge in [-0.05, 0) is 62.1 Å². The van der Waals surface area contributed by atoms with E-state index in [1.807, 2.05) is 74.6 Å². The zero-order chi connectivity index (χ0) is 32.6. The number of ether oxygens (including phenoxy) is 2. The van der Waals surface area contributed by atoms with Crippen molar-refractivity contribution < 1.29 is 24.2 Å². The Morgan fingerprint density at radius 3 is 2.82 bits per heavy atom. The molecule has 0 spiro atoms. The van der Waals surface area contributed by atoms with E-state index in [1.165, 1.54) is 11.6 Å². The number of aliphatic hydroxyl groups excluding tert-OH is 1. The molecule has 0 aromatic carbocycles. The summed E-state index contributed by atoms with van der Waals surface area (Å²) in [6.45, 7) is 10.3. The minimum Gasteiger partial charge on any atom is -0.455 e. The van der Waals surface area contributed by atoms with E-state index in [0.717, 1.165) is 17.0 Å². The first-order valence-corrected chi connectivity index (χ1v) is 18.0. The summed E-state index contributed by atoms with van der Waals surface area (Å²) >= 11 is 0. The summed E-state index contributed by atoms with van der Waals surface area (Å²) in [7, 11) is 3.16. The molecule has 7 atom stereocenters. The van der Waals surface area contributed by atoms with Gasteiger partial charge in [-0.25, -0.2) is 9.78 Å². The van der Waals surface area contributed by atoms with Gasteiger partial charge in [-0.1, -0.05) is 90.5 Å². The van der Waals surface area contributed by atoms with Crippen LogP contribution in [0.5, 0.6) is 0 Å². The normalized spacial score (nSPS) is 26.0. The van der Waals surface area contributed by atoms with Crippen molar-refractivity contribution in [3.63, 3.8) is 0 Å². The van der Waals surface area contributed by atoms with Gasteiger partial charge in [-0.3, -0.25) is 4.79 Å². The standard InChI is InChI=1S/C36H48N2O5S2/c1-6-11-32-28(5)31(39)24-33(43-32)30(38-34(40)19-21-44-45-35-15-7-8-20-37-35)14-9-12-25(2)22-27(4)23-26(3)17-18-29-13-10-16-36(41)42-29/h6-12,14-18,20,23,27-33,39H,13,19,21-22,24H2,1-5H3,(H,38,40)/b11-6+,14-9+,18-17+,25-12+,26-23-/t27-,28+,29-,30-,31-,32+,33+/m1/s1. The maximum atomic E-state index is 13.0. The molecule has 1 aromatic rings. The number of carbonyl (C=O) groups excluding carboxylic acids is 2. The smallest absolute Gasteiger partial charge is 0.331 e. The molecule has 1 fully saturated rings. The summed E-state index contributed by atoms with van der Waals surface area (Å²) < 4.78 is 11.7. The molecule has 0 bridgehead atoms. The van der Waals surface area contributed by atoms with Crippen LogP contribution in [0.25, 0.3) is 0 Å². The Morgan fingerprint density at radius 2 is 2.09 bits per heavy atom. The van der Waals surface area contributed by atoms with Gasteiger partial charge in [0.15, 0.2) is 0 Å². The third kappa shape index (κ3) is 13.6. The minimum atomic E-state index is -0.521. The molecule has 2 N–H and O–H groups in total. The molecule has 3 rings (SSSR count). The van der Waals surface area contributed by atoms with Crippen LogP contribution in [-0.4, -0.2) is 58.2 Å². The largest absolute Gasteiger partial charge is 0.455 e. The number of aromatic nitrogens is 1. The Balaban J connectivity index is 1.60. The molecule has 0 saturated carbocycles. The van der Waals surface area contributed by atoms with Crippen LogP contribution >= 0.6 is 21.6 Å². The average molecular weight is 653 g/mol. The van der Waals surface area contributed by atoms with Crippen molar-refractivity contribution in [2.24, 2.45) is 11.8 Å². The molecule has 7 nitrogen and oxygen atoms in total. The minimum absolute atomic E-state index is 0.0256. The van der Waals surface area contributed by atoms with Gasteiger partial charge >= 0.3 is 5.97 Å². The second-order valence-electron chi connectivity index (χ2n) is 11.7. The van der Waals surface area contributed by atoms with Crippen molar-refractivity contribution in [2.75, 3.05) is 5.75 Å². The Kier molecular flexibility index (Phi) is 16.0. The topological polar surface area (TPSA) is 97.8 Å². The first-order valence-electron chi connectivity index (χ1n) is 15.7. The maximum absolute atomic E-state index is 13.0. The van der Waals surface area contributed by atoms with Crippen LogP contribution in [0, 0.1) is 11.8 Å². The highest BCUT2D eigenvalue weighted by molar-refractivity contribution is 8.76. The number of nitrogens with one attached hydrogen (secondary N) is 1. The zero-order valence-corrected chi connectivity index (χ0v) is 28.6. The van der Waals surface area contributed by atoms with E-state index in [9.17, 15) is 14.7 Å². The van der Waals surface area contributed by atoms with Crippen molar-refractivity contribution in [3.05, 3.63) is 96.3 Å². The van der Waals surface area contributed by atoms with Gasteiger partial charge in [0.1, 0.15) is 11.1 Å². The Morgan fingerprint density at radius 1 is 1.27 bits per heavy atom. The summed E-state index contributed by atoms with van der Waals surface area (Å²) in [5.41, 5.74) is 2.32. The molecule has 45 heavy (non-hydrogen) atoms. The number of carbonyl (C=O) groups is 2. The lowest BCUT2D eigenvalue weighted by Gasteiger charge is -2.39. The van der Waals surface area contributed by atoms with Gasteiger partial charge in [0.2, 0.25) is 5.91 Å². The lowest BCUT2D eigenvalue weighted by Crippen LogP contribution is -2.51. The number of pyridine rings is 1. The second-order valence-corrected chi connectivity index (χ2v) is 14.1. The molecule has 2 aliphatic heterocycles. The van der Waals surface area contributed by atoms with Gasteiger partial charge in [0, 0.05) is 43.2 Å². The fraction of sp³-hybridized carbons (Fsp3) is 0.472. The van der Waals surface area contributed by atoms with Crippen molar-refractivity contribution in [1.29, 1.82) is 0 Å². The van der Waals surface area contributed by atoms with Crippen LogP contribution in [0.3, 0.4) is 0 Å². The molecule has 1 amide bonds. The highest BCUT2D eigenvalue weighted by Gasteiger charge is 2.37. The third-order valence-corrected chi connectivity index (χ3v) is 9.86. The van der Waals surface area contributed by atoms with Crippen LogP contribution in [0.15, 0.2) is 101 Å². The van der Waals surface area contributed by atoms with E-state index < -0.39 is 6.10 Å². The number of nitrogens with zero attached hydrogens (tertiary/aromatic N) is 1. The lowest BCUT2D eigenvalue weighted by molar-refractivity contribution is -0.141. The van der Waals surface area contributed by atoms with Crippen molar-refractivity contribution in [3.8, 4) is 0 Å². The Hall–Kier alpha value is -2.85. The van der Waals surface area contributed by atoms with Gasteiger partial charge in [-0.15, -0.1) is 0 Å². The van der Waals surface area contributed by atoms with Gasteiger partial charge in [-0.2, -0.15) is 0 Å². The van der Waals surface area contributed by atoms with Crippen LogP contribution in [0.2, 0.25) is 0 Å².